The number of anilines is 1. The number of aryl methyl sites for hydroxylation is 1. The van der Waals surface area contributed by atoms with Crippen molar-refractivity contribution in [3.63, 3.8) is 0 Å². The lowest BCUT2D eigenvalue weighted by Crippen LogP contribution is -2.21. The van der Waals surface area contributed by atoms with E-state index in [1.807, 2.05) is 6.92 Å². The van der Waals surface area contributed by atoms with E-state index < -0.39 is 18.5 Å². The van der Waals surface area contributed by atoms with Gasteiger partial charge in [-0.1, -0.05) is 33.6 Å². The maximum absolute atomic E-state index is 11.9. The Balaban J connectivity index is 1.96. The van der Waals surface area contributed by atoms with E-state index in [4.69, 9.17) is 16.3 Å². The Bertz CT molecular complexity index is 764. The average Bonchev–Trinajstić information content (AvgIpc) is 2.50. The predicted molar refractivity (Wildman–Crippen MR) is 90.9 cm³/mol. The average molecular weight is 399 g/mol. The fourth-order valence-electron chi connectivity index (χ4n) is 1.79. The lowest BCUT2D eigenvalue weighted by atomic mass is 10.2. The molecule has 0 bridgehead atoms. The molecule has 0 unspecified atom stereocenters. The van der Waals surface area contributed by atoms with Crippen molar-refractivity contribution < 1.29 is 19.4 Å². The number of hydrogen-bond acceptors (Lipinski definition) is 4. The van der Waals surface area contributed by atoms with Gasteiger partial charge in [0.15, 0.2) is 6.61 Å². The smallest absolute Gasteiger partial charge is 0.342 e. The number of phenols is 1. The van der Waals surface area contributed by atoms with E-state index in [2.05, 4.69) is 21.2 Å². The molecule has 23 heavy (non-hydrogen) atoms. The van der Waals surface area contributed by atoms with E-state index in [1.54, 1.807) is 24.3 Å². The summed E-state index contributed by atoms with van der Waals surface area (Å²) in [6.45, 7) is 1.39. The van der Waals surface area contributed by atoms with Crippen LogP contribution in [0.1, 0.15) is 15.9 Å². The summed E-state index contributed by atoms with van der Waals surface area (Å²) in [5, 5.41) is 12.6. The minimum atomic E-state index is -0.797. The van der Waals surface area contributed by atoms with Gasteiger partial charge in [-0.25, -0.2) is 4.79 Å². The summed E-state index contributed by atoms with van der Waals surface area (Å²) < 4.78 is 5.50. The number of carbonyl (C=O) groups excluding carboxylic acids is 2. The molecule has 0 aromatic heterocycles. The molecule has 1 amide bonds. The van der Waals surface area contributed by atoms with Gasteiger partial charge >= 0.3 is 5.97 Å². The molecule has 7 heteroatoms. The normalized spacial score (nSPS) is 10.2. The highest BCUT2D eigenvalue weighted by Gasteiger charge is 2.15. The van der Waals surface area contributed by atoms with Gasteiger partial charge in [0.25, 0.3) is 5.91 Å². The maximum Gasteiger partial charge on any atom is 0.342 e. The highest BCUT2D eigenvalue weighted by atomic mass is 79.9. The molecule has 2 aromatic rings. The Labute approximate surface area is 146 Å². The standard InChI is InChI=1S/C16H13BrClNO4/c1-9-2-4-13(12(18)6-9)19-15(21)8-23-16(22)11-7-10(17)3-5-14(11)20/h2-7,20H,8H2,1H3,(H,19,21). The molecule has 0 aliphatic carbocycles. The van der Waals surface area contributed by atoms with E-state index in [-0.39, 0.29) is 11.3 Å². The minimum Gasteiger partial charge on any atom is -0.507 e. The zero-order chi connectivity index (χ0) is 17.0. The van der Waals surface area contributed by atoms with Gasteiger partial charge in [0.1, 0.15) is 11.3 Å². The van der Waals surface area contributed by atoms with Crippen molar-refractivity contribution in [2.24, 2.45) is 0 Å². The number of carbonyl (C=O) groups is 2. The molecule has 2 rings (SSSR count). The quantitative estimate of drug-likeness (QED) is 0.766. The summed E-state index contributed by atoms with van der Waals surface area (Å²) in [7, 11) is 0. The number of ether oxygens (including phenoxy) is 1. The predicted octanol–water partition coefficient (Wildman–Crippen LogP) is 3.91. The number of amides is 1. The molecule has 2 aromatic carbocycles. The highest BCUT2D eigenvalue weighted by molar-refractivity contribution is 9.10. The van der Waals surface area contributed by atoms with E-state index in [9.17, 15) is 14.7 Å². The van der Waals surface area contributed by atoms with Crippen molar-refractivity contribution in [2.75, 3.05) is 11.9 Å². The molecular formula is C16H13BrClNO4. The Morgan fingerprint density at radius 3 is 2.70 bits per heavy atom. The van der Waals surface area contributed by atoms with E-state index in [0.717, 1.165) is 5.56 Å². The van der Waals surface area contributed by atoms with Crippen LogP contribution in [0.15, 0.2) is 40.9 Å². The Hall–Kier alpha value is -2.05. The van der Waals surface area contributed by atoms with Gasteiger partial charge in [-0.15, -0.1) is 0 Å². The van der Waals surface area contributed by atoms with Crippen LogP contribution in [0.4, 0.5) is 5.69 Å². The van der Waals surface area contributed by atoms with Crippen molar-refractivity contribution in [1.29, 1.82) is 0 Å². The summed E-state index contributed by atoms with van der Waals surface area (Å²) in [5.74, 6) is -1.55. The van der Waals surface area contributed by atoms with Crippen LogP contribution in [0.3, 0.4) is 0 Å². The number of halogens is 2. The highest BCUT2D eigenvalue weighted by Crippen LogP contribution is 2.24. The first-order valence-corrected chi connectivity index (χ1v) is 7.75. The van der Waals surface area contributed by atoms with Crippen molar-refractivity contribution in [3.8, 4) is 5.75 Å². The van der Waals surface area contributed by atoms with Crippen LogP contribution in [0.25, 0.3) is 0 Å². The first-order valence-electron chi connectivity index (χ1n) is 6.58. The summed E-state index contributed by atoms with van der Waals surface area (Å²) >= 11 is 9.20. The van der Waals surface area contributed by atoms with E-state index >= 15 is 0 Å². The molecule has 2 N–H and O–H groups in total. The number of aromatic hydroxyl groups is 1. The largest absolute Gasteiger partial charge is 0.507 e. The van der Waals surface area contributed by atoms with Crippen molar-refractivity contribution >= 4 is 45.1 Å². The van der Waals surface area contributed by atoms with Gasteiger partial charge in [0, 0.05) is 4.47 Å². The van der Waals surface area contributed by atoms with Gasteiger partial charge in [0.05, 0.1) is 10.7 Å². The Kier molecular flexibility index (Phi) is 5.63. The number of nitrogens with one attached hydrogen (secondary N) is 1. The summed E-state index contributed by atoms with van der Waals surface area (Å²) in [6.07, 6.45) is 0. The Morgan fingerprint density at radius 1 is 1.26 bits per heavy atom. The van der Waals surface area contributed by atoms with Crippen molar-refractivity contribution in [1.82, 2.24) is 0 Å². The summed E-state index contributed by atoms with van der Waals surface area (Å²) in [4.78, 5) is 23.7. The second kappa shape index (κ2) is 7.48. The number of benzene rings is 2. The second-order valence-electron chi connectivity index (χ2n) is 4.77. The fraction of sp³-hybridized carbons (Fsp3) is 0.125. The van der Waals surface area contributed by atoms with Crippen LogP contribution in [0, 0.1) is 6.92 Å². The van der Waals surface area contributed by atoms with Gasteiger partial charge in [-0.2, -0.15) is 0 Å². The van der Waals surface area contributed by atoms with Crippen LogP contribution in [-0.2, 0) is 9.53 Å². The second-order valence-corrected chi connectivity index (χ2v) is 6.09. The van der Waals surface area contributed by atoms with Gasteiger partial charge in [-0.3, -0.25) is 4.79 Å². The molecule has 5 nitrogen and oxygen atoms in total. The van der Waals surface area contributed by atoms with Crippen LogP contribution in [-0.4, -0.2) is 23.6 Å². The molecule has 0 atom stereocenters. The molecule has 0 fully saturated rings. The topological polar surface area (TPSA) is 75.6 Å². The molecule has 0 saturated carbocycles. The molecule has 0 aliphatic heterocycles. The third kappa shape index (κ3) is 4.71. The van der Waals surface area contributed by atoms with Crippen LogP contribution in [0.2, 0.25) is 5.02 Å². The lowest BCUT2D eigenvalue weighted by molar-refractivity contribution is -0.119. The molecule has 0 aliphatic rings. The van der Waals surface area contributed by atoms with Crippen molar-refractivity contribution in [3.05, 3.63) is 57.0 Å². The van der Waals surface area contributed by atoms with Gasteiger partial charge < -0.3 is 15.2 Å². The molecule has 0 spiro atoms. The van der Waals surface area contributed by atoms with E-state index in [0.29, 0.717) is 15.2 Å². The minimum absolute atomic E-state index is 0.0273. The molecular weight excluding hydrogens is 386 g/mol. The van der Waals surface area contributed by atoms with Crippen LogP contribution < -0.4 is 5.32 Å². The van der Waals surface area contributed by atoms with Gasteiger partial charge in [0.2, 0.25) is 0 Å². The zero-order valence-corrected chi connectivity index (χ0v) is 14.4. The Morgan fingerprint density at radius 2 is 2.00 bits per heavy atom. The SMILES string of the molecule is Cc1ccc(NC(=O)COC(=O)c2cc(Br)ccc2O)c(Cl)c1. The first kappa shape index (κ1) is 17.3. The molecule has 120 valence electrons. The fourth-order valence-corrected chi connectivity index (χ4v) is 2.43. The first-order chi connectivity index (χ1) is 10.9. The molecule has 0 heterocycles. The van der Waals surface area contributed by atoms with Crippen LogP contribution in [0.5, 0.6) is 5.75 Å². The molecule has 0 saturated heterocycles. The lowest BCUT2D eigenvalue weighted by Gasteiger charge is -2.09. The zero-order valence-electron chi connectivity index (χ0n) is 12.1. The summed E-state index contributed by atoms with van der Waals surface area (Å²) in [6, 6.07) is 9.52. The van der Waals surface area contributed by atoms with Gasteiger partial charge in [-0.05, 0) is 42.8 Å². The van der Waals surface area contributed by atoms with Crippen molar-refractivity contribution in [2.45, 2.75) is 6.92 Å². The maximum atomic E-state index is 11.9. The third-order valence-electron chi connectivity index (χ3n) is 2.91. The van der Waals surface area contributed by atoms with E-state index in [1.165, 1.54) is 12.1 Å². The van der Waals surface area contributed by atoms with Crippen LogP contribution >= 0.6 is 27.5 Å². The number of rotatable bonds is 4. The monoisotopic (exact) mass is 397 g/mol. The third-order valence-corrected chi connectivity index (χ3v) is 3.72. The number of phenolic OH excluding ortho intramolecular Hbond substituents is 1. The number of esters is 1. The molecule has 0 radical (unpaired) electrons. The summed E-state index contributed by atoms with van der Waals surface area (Å²) in [5.41, 5.74) is 1.37. The number of hydrogen-bond donors (Lipinski definition) is 2.